The van der Waals surface area contributed by atoms with E-state index in [1.165, 1.54) is 6.42 Å². The highest BCUT2D eigenvalue weighted by molar-refractivity contribution is 5.81. The van der Waals surface area contributed by atoms with E-state index in [1.54, 1.807) is 7.05 Å². The first-order valence-electron chi connectivity index (χ1n) is 10.6. The van der Waals surface area contributed by atoms with Gasteiger partial charge in [0.2, 0.25) is 5.91 Å². The van der Waals surface area contributed by atoms with Gasteiger partial charge in [-0.25, -0.2) is 0 Å². The first-order valence-corrected chi connectivity index (χ1v) is 10.6. The van der Waals surface area contributed by atoms with E-state index in [0.717, 1.165) is 77.7 Å². The van der Waals surface area contributed by atoms with Gasteiger partial charge >= 0.3 is 0 Å². The highest BCUT2D eigenvalue weighted by Gasteiger charge is 2.20. The number of nitrogens with zero attached hydrogens (tertiary/aromatic N) is 2. The molecule has 0 bridgehead atoms. The summed E-state index contributed by atoms with van der Waals surface area (Å²) in [5, 5.41) is 6.51. The number of hydrogen-bond donors (Lipinski definition) is 2. The van der Waals surface area contributed by atoms with Crippen LogP contribution in [0.3, 0.4) is 0 Å². The summed E-state index contributed by atoms with van der Waals surface area (Å²) in [6, 6.07) is 0. The average molecular weight is 383 g/mol. The highest BCUT2D eigenvalue weighted by atomic mass is 16.5. The lowest BCUT2D eigenvalue weighted by molar-refractivity contribution is -0.132. The Balaban J connectivity index is 1.48. The molecule has 0 aromatic rings. The molecule has 2 saturated heterocycles. The fourth-order valence-electron chi connectivity index (χ4n) is 3.63. The second-order valence-electron chi connectivity index (χ2n) is 7.75. The first-order chi connectivity index (χ1) is 13.2. The van der Waals surface area contributed by atoms with Gasteiger partial charge < -0.3 is 25.0 Å². The van der Waals surface area contributed by atoms with Crippen LogP contribution in [0.15, 0.2) is 4.99 Å². The molecule has 0 aliphatic carbocycles. The van der Waals surface area contributed by atoms with E-state index in [2.05, 4.69) is 22.5 Å². The number of aliphatic imine (C=N–C) groups is 1. The van der Waals surface area contributed by atoms with Gasteiger partial charge in [-0.15, -0.1) is 0 Å². The zero-order chi connectivity index (χ0) is 19.3. The third kappa shape index (κ3) is 8.93. The number of rotatable bonds is 9. The van der Waals surface area contributed by atoms with Crippen molar-refractivity contribution in [2.45, 2.75) is 45.4 Å². The summed E-state index contributed by atoms with van der Waals surface area (Å²) in [6.45, 7) is 8.80. The fraction of sp³-hybridized carbons (Fsp3) is 0.900. The molecule has 27 heavy (non-hydrogen) atoms. The summed E-state index contributed by atoms with van der Waals surface area (Å²) in [6.07, 6.45) is 6.04. The standard InChI is InChI=1S/C20H38N4O3/c1-17-5-3-11-24(15-17)19(25)6-10-23-20(21-2)22-9-4-12-27-16-18-7-13-26-14-8-18/h17-18H,3-16H2,1-2H3,(H2,21,22,23). The predicted molar refractivity (Wildman–Crippen MR) is 108 cm³/mol. The number of amides is 1. The minimum atomic E-state index is 0.242. The summed E-state index contributed by atoms with van der Waals surface area (Å²) in [7, 11) is 1.76. The molecule has 1 amide bonds. The zero-order valence-corrected chi connectivity index (χ0v) is 17.2. The van der Waals surface area contributed by atoms with Crippen molar-refractivity contribution in [3.63, 3.8) is 0 Å². The van der Waals surface area contributed by atoms with Gasteiger partial charge in [-0.3, -0.25) is 9.79 Å². The van der Waals surface area contributed by atoms with Gasteiger partial charge in [0.25, 0.3) is 0 Å². The molecule has 2 heterocycles. The van der Waals surface area contributed by atoms with Crippen molar-refractivity contribution in [3.8, 4) is 0 Å². The molecule has 2 fully saturated rings. The second-order valence-corrected chi connectivity index (χ2v) is 7.75. The Hall–Kier alpha value is -1.34. The van der Waals surface area contributed by atoms with E-state index in [4.69, 9.17) is 9.47 Å². The van der Waals surface area contributed by atoms with Crippen molar-refractivity contribution in [1.82, 2.24) is 15.5 Å². The lowest BCUT2D eigenvalue weighted by atomic mass is 10.00. The van der Waals surface area contributed by atoms with E-state index in [1.807, 2.05) is 4.90 Å². The van der Waals surface area contributed by atoms with E-state index in [9.17, 15) is 4.79 Å². The Labute approximate surface area is 164 Å². The van der Waals surface area contributed by atoms with E-state index >= 15 is 0 Å². The molecule has 2 N–H and O–H groups in total. The quantitative estimate of drug-likeness (QED) is 0.360. The van der Waals surface area contributed by atoms with E-state index in [0.29, 0.717) is 24.8 Å². The smallest absolute Gasteiger partial charge is 0.224 e. The largest absolute Gasteiger partial charge is 0.381 e. The number of piperidine rings is 1. The molecule has 0 aromatic heterocycles. The van der Waals surface area contributed by atoms with Gasteiger partial charge in [0, 0.05) is 66.1 Å². The van der Waals surface area contributed by atoms with Crippen LogP contribution in [0.2, 0.25) is 0 Å². The van der Waals surface area contributed by atoms with E-state index in [-0.39, 0.29) is 5.91 Å². The molecule has 1 unspecified atom stereocenters. The summed E-state index contributed by atoms with van der Waals surface area (Å²) in [4.78, 5) is 18.5. The van der Waals surface area contributed by atoms with Crippen molar-refractivity contribution < 1.29 is 14.3 Å². The van der Waals surface area contributed by atoms with Gasteiger partial charge in [0.05, 0.1) is 0 Å². The molecule has 0 spiro atoms. The number of guanidine groups is 1. The molecular formula is C20H38N4O3. The number of nitrogens with one attached hydrogen (secondary N) is 2. The van der Waals surface area contributed by atoms with Crippen LogP contribution in [0, 0.1) is 11.8 Å². The fourth-order valence-corrected chi connectivity index (χ4v) is 3.63. The third-order valence-electron chi connectivity index (χ3n) is 5.32. The van der Waals surface area contributed by atoms with Gasteiger partial charge in [0.1, 0.15) is 0 Å². The molecular weight excluding hydrogens is 344 g/mol. The Morgan fingerprint density at radius 2 is 2.00 bits per heavy atom. The van der Waals surface area contributed by atoms with Crippen LogP contribution in [0.25, 0.3) is 0 Å². The van der Waals surface area contributed by atoms with Crippen LogP contribution in [0.4, 0.5) is 0 Å². The van der Waals surface area contributed by atoms with Crippen LogP contribution in [0.5, 0.6) is 0 Å². The Morgan fingerprint density at radius 1 is 1.22 bits per heavy atom. The molecule has 0 radical (unpaired) electrons. The molecule has 2 aliphatic rings. The zero-order valence-electron chi connectivity index (χ0n) is 17.2. The number of carbonyl (C=O) groups is 1. The average Bonchev–Trinajstić information content (AvgIpc) is 2.69. The SMILES string of the molecule is CN=C(NCCCOCC1CCOCC1)NCCC(=O)N1CCCC(C)C1. The van der Waals surface area contributed by atoms with Crippen molar-refractivity contribution in [2.24, 2.45) is 16.8 Å². The normalized spacial score (nSPS) is 21.9. The lowest BCUT2D eigenvalue weighted by Gasteiger charge is -2.31. The Kier molecular flexibility index (Phi) is 10.5. The summed E-state index contributed by atoms with van der Waals surface area (Å²) in [5.41, 5.74) is 0. The van der Waals surface area contributed by atoms with Gasteiger partial charge in [-0.1, -0.05) is 6.92 Å². The summed E-state index contributed by atoms with van der Waals surface area (Å²) < 4.78 is 11.1. The van der Waals surface area contributed by atoms with Crippen molar-refractivity contribution in [1.29, 1.82) is 0 Å². The van der Waals surface area contributed by atoms with Crippen molar-refractivity contribution in [3.05, 3.63) is 0 Å². The lowest BCUT2D eigenvalue weighted by Crippen LogP contribution is -2.42. The molecule has 1 atom stereocenters. The second kappa shape index (κ2) is 12.9. The van der Waals surface area contributed by atoms with Gasteiger partial charge in [-0.05, 0) is 43.9 Å². The number of likely N-dealkylation sites (tertiary alicyclic amines) is 1. The topological polar surface area (TPSA) is 75.2 Å². The van der Waals surface area contributed by atoms with Crippen LogP contribution in [0.1, 0.15) is 45.4 Å². The summed E-state index contributed by atoms with van der Waals surface area (Å²) in [5.74, 6) is 2.27. The minimum Gasteiger partial charge on any atom is -0.381 e. The minimum absolute atomic E-state index is 0.242. The molecule has 156 valence electrons. The highest BCUT2D eigenvalue weighted by Crippen LogP contribution is 2.16. The Bertz CT molecular complexity index is 453. The van der Waals surface area contributed by atoms with Crippen LogP contribution in [-0.4, -0.2) is 76.4 Å². The first kappa shape index (κ1) is 22.0. The predicted octanol–water partition coefficient (Wildman–Crippen LogP) is 1.63. The Morgan fingerprint density at radius 3 is 2.74 bits per heavy atom. The van der Waals surface area contributed by atoms with Gasteiger partial charge in [-0.2, -0.15) is 0 Å². The monoisotopic (exact) mass is 382 g/mol. The third-order valence-corrected chi connectivity index (χ3v) is 5.32. The molecule has 0 saturated carbocycles. The van der Waals surface area contributed by atoms with Crippen LogP contribution < -0.4 is 10.6 Å². The molecule has 2 aliphatic heterocycles. The van der Waals surface area contributed by atoms with Crippen molar-refractivity contribution in [2.75, 3.05) is 59.7 Å². The molecule has 2 rings (SSSR count). The molecule has 0 aromatic carbocycles. The van der Waals surface area contributed by atoms with Crippen LogP contribution in [-0.2, 0) is 14.3 Å². The maximum Gasteiger partial charge on any atom is 0.224 e. The van der Waals surface area contributed by atoms with Crippen LogP contribution >= 0.6 is 0 Å². The molecule has 7 nitrogen and oxygen atoms in total. The number of ether oxygens (including phenoxy) is 2. The van der Waals surface area contributed by atoms with E-state index < -0.39 is 0 Å². The van der Waals surface area contributed by atoms with Crippen molar-refractivity contribution >= 4 is 11.9 Å². The molecule has 7 heteroatoms. The number of carbonyl (C=O) groups excluding carboxylic acids is 1. The number of hydrogen-bond acceptors (Lipinski definition) is 4. The maximum atomic E-state index is 12.3. The van der Waals surface area contributed by atoms with Gasteiger partial charge in [0.15, 0.2) is 5.96 Å². The maximum absolute atomic E-state index is 12.3. The summed E-state index contributed by atoms with van der Waals surface area (Å²) >= 11 is 0.